The van der Waals surface area contributed by atoms with Gasteiger partial charge in [0, 0.05) is 25.0 Å². The minimum absolute atomic E-state index is 0.240. The summed E-state index contributed by atoms with van der Waals surface area (Å²) in [5.41, 5.74) is 0. The highest BCUT2D eigenvalue weighted by atomic mass is 32.1. The lowest BCUT2D eigenvalue weighted by molar-refractivity contribution is -0.130. The molecule has 0 saturated carbocycles. The number of nitrogens with one attached hydrogen (secondary N) is 1. The highest BCUT2D eigenvalue weighted by Crippen LogP contribution is 2.18. The molecular weight excluding hydrogens is 246 g/mol. The van der Waals surface area contributed by atoms with Crippen LogP contribution < -0.4 is 5.32 Å². The summed E-state index contributed by atoms with van der Waals surface area (Å²) in [6, 6.07) is 0. The smallest absolute Gasteiger partial charge is 0.222 e. The van der Waals surface area contributed by atoms with Gasteiger partial charge in [-0.1, -0.05) is 0 Å². The number of carbonyl (C=O) groups is 1. The second kappa shape index (κ2) is 6.85. The largest absolute Gasteiger partial charge is 0.339 e. The van der Waals surface area contributed by atoms with E-state index >= 15 is 0 Å². The second-order valence-electron chi connectivity index (χ2n) is 4.91. The fourth-order valence-corrected chi connectivity index (χ4v) is 2.98. The molecule has 1 N–H and O–H groups in total. The summed E-state index contributed by atoms with van der Waals surface area (Å²) in [5.74, 6) is 0.965. The van der Waals surface area contributed by atoms with Gasteiger partial charge in [-0.3, -0.25) is 4.79 Å². The first kappa shape index (κ1) is 13.5. The maximum atomic E-state index is 12.0. The predicted octanol–water partition coefficient (Wildman–Crippen LogP) is 1.88. The van der Waals surface area contributed by atoms with Crippen LogP contribution >= 0.6 is 11.3 Å². The first-order chi connectivity index (χ1) is 8.75. The van der Waals surface area contributed by atoms with E-state index in [1.165, 1.54) is 12.8 Å². The van der Waals surface area contributed by atoms with Gasteiger partial charge in [0.15, 0.2) is 0 Å². The first-order valence-corrected chi connectivity index (χ1v) is 7.46. The van der Waals surface area contributed by atoms with Gasteiger partial charge in [0.25, 0.3) is 0 Å². The second-order valence-corrected chi connectivity index (χ2v) is 5.89. The number of hydrogen-bond donors (Lipinski definition) is 1. The van der Waals surface area contributed by atoms with Crippen molar-refractivity contribution < 1.29 is 4.79 Å². The third-order valence-electron chi connectivity index (χ3n) is 3.51. The van der Waals surface area contributed by atoms with E-state index in [1.807, 2.05) is 12.4 Å². The Hall–Kier alpha value is -0.940. The molecule has 0 aliphatic carbocycles. The molecule has 0 atom stereocenters. The Morgan fingerprint density at radius 3 is 3.00 bits per heavy atom. The van der Waals surface area contributed by atoms with Gasteiger partial charge in [-0.2, -0.15) is 0 Å². The van der Waals surface area contributed by atoms with Crippen molar-refractivity contribution in [3.63, 3.8) is 0 Å². The van der Waals surface area contributed by atoms with E-state index < -0.39 is 0 Å². The monoisotopic (exact) mass is 267 g/mol. The Bertz CT molecular complexity index is 360. The van der Waals surface area contributed by atoms with Gasteiger partial charge in [0.1, 0.15) is 5.01 Å². The average molecular weight is 267 g/mol. The topological polar surface area (TPSA) is 45.2 Å². The lowest BCUT2D eigenvalue weighted by atomic mass is 9.93. The standard InChI is InChI=1S/C13H21N3OS/c1-16(10-12-15-8-9-18-12)13(17)3-2-11-4-6-14-7-5-11/h8-9,11,14H,2-7,10H2,1H3. The summed E-state index contributed by atoms with van der Waals surface area (Å²) >= 11 is 1.60. The summed E-state index contributed by atoms with van der Waals surface area (Å²) in [6.07, 6.45) is 5.91. The van der Waals surface area contributed by atoms with Crippen molar-refractivity contribution in [1.82, 2.24) is 15.2 Å². The summed E-state index contributed by atoms with van der Waals surface area (Å²) in [7, 11) is 1.87. The zero-order valence-electron chi connectivity index (χ0n) is 10.9. The van der Waals surface area contributed by atoms with Gasteiger partial charge < -0.3 is 10.2 Å². The fraction of sp³-hybridized carbons (Fsp3) is 0.692. The van der Waals surface area contributed by atoms with Crippen LogP contribution in [0.1, 0.15) is 30.7 Å². The average Bonchev–Trinajstić information content (AvgIpc) is 2.90. The molecule has 4 nitrogen and oxygen atoms in total. The number of carbonyl (C=O) groups excluding carboxylic acids is 1. The summed E-state index contributed by atoms with van der Waals surface area (Å²) in [6.45, 7) is 2.85. The lowest BCUT2D eigenvalue weighted by Gasteiger charge is -2.23. The van der Waals surface area contributed by atoms with Crippen molar-refractivity contribution in [3.05, 3.63) is 16.6 Å². The molecule has 18 heavy (non-hydrogen) atoms. The van der Waals surface area contributed by atoms with Crippen molar-refractivity contribution in [1.29, 1.82) is 0 Å². The Balaban J connectivity index is 1.70. The summed E-state index contributed by atoms with van der Waals surface area (Å²) < 4.78 is 0. The van der Waals surface area contributed by atoms with E-state index in [1.54, 1.807) is 22.4 Å². The molecule has 0 radical (unpaired) electrons. The first-order valence-electron chi connectivity index (χ1n) is 6.59. The van der Waals surface area contributed by atoms with Gasteiger partial charge in [0.05, 0.1) is 6.54 Å². The molecule has 100 valence electrons. The van der Waals surface area contributed by atoms with E-state index in [9.17, 15) is 4.79 Å². The highest BCUT2D eigenvalue weighted by Gasteiger charge is 2.16. The van der Waals surface area contributed by atoms with Crippen LogP contribution in [-0.2, 0) is 11.3 Å². The van der Waals surface area contributed by atoms with Gasteiger partial charge in [-0.15, -0.1) is 11.3 Å². The molecule has 0 aromatic carbocycles. The minimum Gasteiger partial charge on any atom is -0.339 e. The lowest BCUT2D eigenvalue weighted by Crippen LogP contribution is -2.30. The van der Waals surface area contributed by atoms with Crippen LogP contribution in [-0.4, -0.2) is 35.9 Å². The normalized spacial score (nSPS) is 16.7. The highest BCUT2D eigenvalue weighted by molar-refractivity contribution is 7.09. The molecule has 1 fully saturated rings. The van der Waals surface area contributed by atoms with Crippen LogP contribution in [0.2, 0.25) is 0 Å². The molecule has 0 bridgehead atoms. The van der Waals surface area contributed by atoms with Crippen LogP contribution in [0, 0.1) is 5.92 Å². The molecule has 1 aromatic heterocycles. The van der Waals surface area contributed by atoms with Crippen LogP contribution in [0.3, 0.4) is 0 Å². The third-order valence-corrected chi connectivity index (χ3v) is 4.27. The van der Waals surface area contributed by atoms with Crippen LogP contribution in [0.5, 0.6) is 0 Å². The number of nitrogens with zero attached hydrogens (tertiary/aromatic N) is 2. The van der Waals surface area contributed by atoms with Crippen LogP contribution in [0.25, 0.3) is 0 Å². The molecule has 5 heteroatoms. The molecule has 1 saturated heterocycles. The van der Waals surface area contributed by atoms with Gasteiger partial charge in [0.2, 0.25) is 5.91 Å². The minimum atomic E-state index is 0.240. The molecule has 1 aromatic rings. The van der Waals surface area contributed by atoms with E-state index in [2.05, 4.69) is 10.3 Å². The zero-order valence-corrected chi connectivity index (χ0v) is 11.7. The van der Waals surface area contributed by atoms with Crippen molar-refractivity contribution in [3.8, 4) is 0 Å². The zero-order chi connectivity index (χ0) is 12.8. The van der Waals surface area contributed by atoms with E-state index in [-0.39, 0.29) is 5.91 Å². The number of hydrogen-bond acceptors (Lipinski definition) is 4. The van der Waals surface area contributed by atoms with Gasteiger partial charge >= 0.3 is 0 Å². The molecule has 1 aliphatic heterocycles. The van der Waals surface area contributed by atoms with E-state index in [0.29, 0.717) is 13.0 Å². The number of thiazole rings is 1. The van der Waals surface area contributed by atoms with Crippen LogP contribution in [0.4, 0.5) is 0 Å². The Morgan fingerprint density at radius 2 is 2.33 bits per heavy atom. The fourth-order valence-electron chi connectivity index (χ4n) is 2.31. The number of rotatable bonds is 5. The van der Waals surface area contributed by atoms with Crippen molar-refractivity contribution in [2.75, 3.05) is 20.1 Å². The molecule has 0 unspecified atom stereocenters. The summed E-state index contributed by atoms with van der Waals surface area (Å²) in [5, 5.41) is 6.31. The molecule has 2 rings (SSSR count). The molecule has 0 spiro atoms. The molecule has 1 aliphatic rings. The maximum absolute atomic E-state index is 12.0. The van der Waals surface area contributed by atoms with Crippen molar-refractivity contribution in [2.45, 2.75) is 32.2 Å². The number of aromatic nitrogens is 1. The van der Waals surface area contributed by atoms with Crippen molar-refractivity contribution in [2.24, 2.45) is 5.92 Å². The van der Waals surface area contributed by atoms with Gasteiger partial charge in [-0.05, 0) is 38.3 Å². The Morgan fingerprint density at radius 1 is 1.56 bits per heavy atom. The molecule has 1 amide bonds. The summed E-state index contributed by atoms with van der Waals surface area (Å²) in [4.78, 5) is 18.0. The Kier molecular flexibility index (Phi) is 5.13. The molecule has 2 heterocycles. The molecular formula is C13H21N3OS. The van der Waals surface area contributed by atoms with E-state index in [4.69, 9.17) is 0 Å². The van der Waals surface area contributed by atoms with Crippen LogP contribution in [0.15, 0.2) is 11.6 Å². The number of amides is 1. The van der Waals surface area contributed by atoms with Gasteiger partial charge in [-0.25, -0.2) is 4.98 Å². The Labute approximate surface area is 112 Å². The third kappa shape index (κ3) is 4.07. The predicted molar refractivity (Wildman–Crippen MR) is 73.4 cm³/mol. The maximum Gasteiger partial charge on any atom is 0.222 e. The van der Waals surface area contributed by atoms with Crippen molar-refractivity contribution >= 4 is 17.2 Å². The SMILES string of the molecule is CN(Cc1nccs1)C(=O)CCC1CCNCC1. The van der Waals surface area contributed by atoms with E-state index in [0.717, 1.165) is 30.4 Å². The quantitative estimate of drug-likeness (QED) is 0.886. The number of piperidine rings is 1.